The highest BCUT2D eigenvalue weighted by Crippen LogP contribution is 2.29. The van der Waals surface area contributed by atoms with Gasteiger partial charge in [-0.25, -0.2) is 0 Å². The van der Waals surface area contributed by atoms with Crippen LogP contribution in [0.1, 0.15) is 24.2 Å². The molecule has 1 amide bonds. The fourth-order valence-electron chi connectivity index (χ4n) is 1.48. The van der Waals surface area contributed by atoms with Crippen LogP contribution in [0.25, 0.3) is 0 Å². The van der Waals surface area contributed by atoms with Crippen molar-refractivity contribution in [2.24, 2.45) is 5.41 Å². The van der Waals surface area contributed by atoms with Crippen molar-refractivity contribution in [2.45, 2.75) is 20.5 Å². The van der Waals surface area contributed by atoms with E-state index >= 15 is 0 Å². The standard InChI is InChI=1S/C14H17F2NO5/c1-14(2,12(19)20)7-17-11(18)8-4-5-9(22-13(15)16)10(6-8)21-3/h4-6,13H,7H2,1-3H3,(H,17,18)(H,19,20). The highest BCUT2D eigenvalue weighted by molar-refractivity contribution is 5.95. The minimum Gasteiger partial charge on any atom is -0.493 e. The number of halogens is 2. The van der Waals surface area contributed by atoms with Gasteiger partial charge in [0.05, 0.1) is 12.5 Å². The number of carboxylic acids is 1. The first-order valence-corrected chi connectivity index (χ1v) is 6.32. The molecule has 0 saturated heterocycles. The molecule has 0 aliphatic heterocycles. The number of carboxylic acid groups (broad SMARTS) is 1. The SMILES string of the molecule is COc1cc(C(=O)NCC(C)(C)C(=O)O)ccc1OC(F)F. The number of hydrogen-bond donors (Lipinski definition) is 2. The molecule has 1 rings (SSSR count). The minimum atomic E-state index is -3.01. The highest BCUT2D eigenvalue weighted by atomic mass is 19.3. The Kier molecular flexibility index (Phi) is 5.67. The number of ether oxygens (including phenoxy) is 2. The maximum absolute atomic E-state index is 12.2. The lowest BCUT2D eigenvalue weighted by atomic mass is 9.94. The average molecular weight is 317 g/mol. The number of nitrogens with one attached hydrogen (secondary N) is 1. The first-order valence-electron chi connectivity index (χ1n) is 6.32. The van der Waals surface area contributed by atoms with Crippen LogP contribution in [0.3, 0.4) is 0 Å². The molecule has 0 aromatic heterocycles. The van der Waals surface area contributed by atoms with Crippen molar-refractivity contribution in [1.29, 1.82) is 0 Å². The van der Waals surface area contributed by atoms with E-state index < -0.39 is 23.9 Å². The van der Waals surface area contributed by atoms with E-state index in [2.05, 4.69) is 10.1 Å². The van der Waals surface area contributed by atoms with Crippen LogP contribution >= 0.6 is 0 Å². The van der Waals surface area contributed by atoms with Gasteiger partial charge in [-0.1, -0.05) is 0 Å². The summed E-state index contributed by atoms with van der Waals surface area (Å²) in [4.78, 5) is 22.9. The second kappa shape index (κ2) is 7.06. The van der Waals surface area contributed by atoms with Crippen LogP contribution < -0.4 is 14.8 Å². The summed E-state index contributed by atoms with van der Waals surface area (Å²) in [5, 5.41) is 11.4. The Hall–Kier alpha value is -2.38. The van der Waals surface area contributed by atoms with E-state index in [-0.39, 0.29) is 23.6 Å². The zero-order chi connectivity index (χ0) is 16.9. The van der Waals surface area contributed by atoms with E-state index in [1.165, 1.54) is 39.2 Å². The van der Waals surface area contributed by atoms with E-state index in [0.717, 1.165) is 0 Å². The first kappa shape index (κ1) is 17.7. The number of methoxy groups -OCH3 is 1. The van der Waals surface area contributed by atoms with Crippen molar-refractivity contribution in [3.8, 4) is 11.5 Å². The third-order valence-corrected chi connectivity index (χ3v) is 2.91. The summed E-state index contributed by atoms with van der Waals surface area (Å²) in [6.45, 7) is -0.158. The largest absolute Gasteiger partial charge is 0.493 e. The molecule has 0 spiro atoms. The van der Waals surface area contributed by atoms with Crippen LogP contribution in [0.4, 0.5) is 8.78 Å². The molecule has 0 atom stereocenters. The van der Waals surface area contributed by atoms with Crippen LogP contribution in [-0.4, -0.2) is 37.2 Å². The van der Waals surface area contributed by atoms with Crippen LogP contribution in [-0.2, 0) is 4.79 Å². The quantitative estimate of drug-likeness (QED) is 0.805. The maximum Gasteiger partial charge on any atom is 0.387 e. The Labute approximate surface area is 126 Å². The lowest BCUT2D eigenvalue weighted by Gasteiger charge is -2.19. The molecule has 122 valence electrons. The summed E-state index contributed by atoms with van der Waals surface area (Å²) < 4.78 is 33.6. The molecular formula is C14H17F2NO5. The Morgan fingerprint density at radius 2 is 1.95 bits per heavy atom. The molecule has 0 saturated carbocycles. The number of hydrogen-bond acceptors (Lipinski definition) is 4. The molecule has 1 aromatic carbocycles. The van der Waals surface area contributed by atoms with Crippen molar-refractivity contribution in [1.82, 2.24) is 5.32 Å². The van der Waals surface area contributed by atoms with Gasteiger partial charge in [0.25, 0.3) is 5.91 Å². The summed E-state index contributed by atoms with van der Waals surface area (Å²) in [5.74, 6) is -1.81. The van der Waals surface area contributed by atoms with Crippen LogP contribution in [0.2, 0.25) is 0 Å². The number of rotatable bonds is 7. The summed E-state index contributed by atoms with van der Waals surface area (Å²) in [6, 6.07) is 3.70. The third kappa shape index (κ3) is 4.57. The topological polar surface area (TPSA) is 84.9 Å². The van der Waals surface area contributed by atoms with Crippen LogP contribution in [0.5, 0.6) is 11.5 Å². The van der Waals surface area contributed by atoms with Gasteiger partial charge < -0.3 is 19.9 Å². The van der Waals surface area contributed by atoms with Gasteiger partial charge in [-0.05, 0) is 32.0 Å². The molecule has 6 nitrogen and oxygen atoms in total. The Balaban J connectivity index is 2.84. The summed E-state index contributed by atoms with van der Waals surface area (Å²) >= 11 is 0. The second-order valence-electron chi connectivity index (χ2n) is 5.12. The van der Waals surface area contributed by atoms with Gasteiger partial charge in [0.1, 0.15) is 0 Å². The normalized spacial score (nSPS) is 11.2. The Bertz CT molecular complexity index is 560. The molecule has 22 heavy (non-hydrogen) atoms. The van der Waals surface area contributed by atoms with Crippen molar-refractivity contribution in [3.63, 3.8) is 0 Å². The first-order chi connectivity index (χ1) is 10.2. The average Bonchev–Trinajstić information content (AvgIpc) is 2.44. The van der Waals surface area contributed by atoms with Gasteiger partial charge in [-0.3, -0.25) is 9.59 Å². The minimum absolute atomic E-state index is 0.0227. The number of alkyl halides is 2. The monoisotopic (exact) mass is 317 g/mol. The fraction of sp³-hybridized carbons (Fsp3) is 0.429. The van der Waals surface area contributed by atoms with Crippen LogP contribution in [0.15, 0.2) is 18.2 Å². The lowest BCUT2D eigenvalue weighted by molar-refractivity contribution is -0.146. The summed E-state index contributed by atoms with van der Waals surface area (Å²) in [5.41, 5.74) is -0.988. The van der Waals surface area contributed by atoms with E-state index in [1.807, 2.05) is 0 Å². The molecule has 0 radical (unpaired) electrons. The van der Waals surface area contributed by atoms with E-state index in [4.69, 9.17) is 9.84 Å². The van der Waals surface area contributed by atoms with Crippen molar-refractivity contribution in [3.05, 3.63) is 23.8 Å². The number of carbonyl (C=O) groups is 2. The molecule has 0 fully saturated rings. The van der Waals surface area contributed by atoms with Gasteiger partial charge >= 0.3 is 12.6 Å². The zero-order valence-electron chi connectivity index (χ0n) is 12.4. The smallest absolute Gasteiger partial charge is 0.387 e. The van der Waals surface area contributed by atoms with E-state index in [9.17, 15) is 18.4 Å². The molecule has 0 heterocycles. The molecular weight excluding hydrogens is 300 g/mol. The van der Waals surface area contributed by atoms with E-state index in [1.54, 1.807) is 0 Å². The summed E-state index contributed by atoms with van der Waals surface area (Å²) in [6.07, 6.45) is 0. The molecule has 1 aromatic rings. The van der Waals surface area contributed by atoms with Crippen LogP contribution in [0, 0.1) is 5.41 Å². The number of amides is 1. The predicted molar refractivity (Wildman–Crippen MR) is 73.4 cm³/mol. The van der Waals surface area contributed by atoms with Crippen molar-refractivity contribution >= 4 is 11.9 Å². The second-order valence-corrected chi connectivity index (χ2v) is 5.12. The predicted octanol–water partition coefficient (Wildman–Crippen LogP) is 2.14. The van der Waals surface area contributed by atoms with Crippen molar-refractivity contribution in [2.75, 3.05) is 13.7 Å². The molecule has 0 aliphatic carbocycles. The van der Waals surface area contributed by atoms with Gasteiger partial charge in [-0.15, -0.1) is 0 Å². The third-order valence-electron chi connectivity index (χ3n) is 2.91. The zero-order valence-corrected chi connectivity index (χ0v) is 12.4. The number of benzene rings is 1. The molecule has 2 N–H and O–H groups in total. The molecule has 0 aliphatic rings. The number of carbonyl (C=O) groups excluding carboxylic acids is 1. The Morgan fingerprint density at radius 1 is 1.32 bits per heavy atom. The maximum atomic E-state index is 12.2. The van der Waals surface area contributed by atoms with Crippen molar-refractivity contribution < 1.29 is 33.0 Å². The summed E-state index contributed by atoms with van der Waals surface area (Å²) in [7, 11) is 1.25. The lowest BCUT2D eigenvalue weighted by Crippen LogP contribution is -2.38. The highest BCUT2D eigenvalue weighted by Gasteiger charge is 2.27. The fourth-order valence-corrected chi connectivity index (χ4v) is 1.48. The van der Waals surface area contributed by atoms with Gasteiger partial charge in [-0.2, -0.15) is 8.78 Å². The van der Waals surface area contributed by atoms with Gasteiger partial charge in [0.2, 0.25) is 0 Å². The van der Waals surface area contributed by atoms with Gasteiger partial charge in [0.15, 0.2) is 11.5 Å². The number of aliphatic carboxylic acids is 1. The van der Waals surface area contributed by atoms with Gasteiger partial charge in [0, 0.05) is 12.1 Å². The Morgan fingerprint density at radius 3 is 2.45 bits per heavy atom. The van der Waals surface area contributed by atoms with E-state index in [0.29, 0.717) is 0 Å². The molecule has 8 heteroatoms. The molecule has 0 unspecified atom stereocenters. The molecule has 0 bridgehead atoms.